The lowest BCUT2D eigenvalue weighted by molar-refractivity contribution is -0.119. The van der Waals surface area contributed by atoms with Crippen LogP contribution in [0.4, 0.5) is 0 Å². The van der Waals surface area contributed by atoms with E-state index in [9.17, 15) is 9.59 Å². The van der Waals surface area contributed by atoms with E-state index < -0.39 is 0 Å². The molecule has 110 valence electrons. The second-order valence-corrected chi connectivity index (χ2v) is 4.61. The third kappa shape index (κ3) is 4.22. The van der Waals surface area contributed by atoms with Crippen LogP contribution in [0.25, 0.3) is 11.1 Å². The molecule has 2 aromatic carbocycles. The van der Waals surface area contributed by atoms with Crippen LogP contribution in [0.3, 0.4) is 0 Å². The molecule has 0 heterocycles. The van der Waals surface area contributed by atoms with Crippen molar-refractivity contribution < 1.29 is 9.59 Å². The van der Waals surface area contributed by atoms with Crippen molar-refractivity contribution in [1.82, 2.24) is 10.6 Å². The fourth-order valence-electron chi connectivity index (χ4n) is 1.92. The largest absolute Gasteiger partial charge is 0.344 e. The Hall–Kier alpha value is -3.06. The molecule has 0 saturated heterocycles. The first-order chi connectivity index (χ1) is 10.7. The topological polar surface area (TPSA) is 58.2 Å². The molecule has 0 aliphatic carbocycles. The van der Waals surface area contributed by atoms with Crippen molar-refractivity contribution in [1.29, 1.82) is 0 Å². The Balaban J connectivity index is 1.94. The molecule has 0 aliphatic rings. The van der Waals surface area contributed by atoms with Crippen LogP contribution in [-0.4, -0.2) is 24.9 Å². The van der Waals surface area contributed by atoms with Gasteiger partial charge in [0.25, 0.3) is 5.91 Å². The molecule has 2 N–H and O–H groups in total. The Morgan fingerprint density at radius 2 is 1.55 bits per heavy atom. The van der Waals surface area contributed by atoms with Gasteiger partial charge < -0.3 is 10.6 Å². The first-order valence-corrected chi connectivity index (χ1v) is 6.84. The van der Waals surface area contributed by atoms with E-state index in [1.54, 1.807) is 12.1 Å². The van der Waals surface area contributed by atoms with Crippen molar-refractivity contribution in [3.05, 3.63) is 60.2 Å². The van der Waals surface area contributed by atoms with Crippen LogP contribution in [0.1, 0.15) is 10.4 Å². The van der Waals surface area contributed by atoms with Crippen LogP contribution in [0, 0.1) is 12.3 Å². The minimum absolute atomic E-state index is 0.0963. The zero-order valence-corrected chi connectivity index (χ0v) is 12.0. The Morgan fingerprint density at radius 1 is 0.909 bits per heavy atom. The SMILES string of the molecule is C#CCNC(=O)CNC(=O)c1ccc(-c2ccccc2)cc1. The van der Waals surface area contributed by atoms with E-state index in [4.69, 9.17) is 6.42 Å². The second kappa shape index (κ2) is 7.65. The number of nitrogens with one attached hydrogen (secondary N) is 2. The Labute approximate surface area is 129 Å². The predicted octanol–water partition coefficient (Wildman–Crippen LogP) is 1.83. The van der Waals surface area contributed by atoms with Crippen molar-refractivity contribution in [2.45, 2.75) is 0 Å². The number of carbonyl (C=O) groups is 2. The van der Waals surface area contributed by atoms with Crippen LogP contribution >= 0.6 is 0 Å². The van der Waals surface area contributed by atoms with E-state index in [-0.39, 0.29) is 24.9 Å². The summed E-state index contributed by atoms with van der Waals surface area (Å²) < 4.78 is 0. The molecule has 0 radical (unpaired) electrons. The molecule has 4 heteroatoms. The second-order valence-electron chi connectivity index (χ2n) is 4.61. The van der Waals surface area contributed by atoms with Gasteiger partial charge in [-0.3, -0.25) is 9.59 Å². The van der Waals surface area contributed by atoms with Crippen LogP contribution in [0.15, 0.2) is 54.6 Å². The van der Waals surface area contributed by atoms with Crippen LogP contribution < -0.4 is 10.6 Å². The highest BCUT2D eigenvalue weighted by Gasteiger charge is 2.07. The van der Waals surface area contributed by atoms with E-state index in [2.05, 4.69) is 16.6 Å². The van der Waals surface area contributed by atoms with Gasteiger partial charge in [0, 0.05) is 5.56 Å². The molecular formula is C18H16N2O2. The molecular weight excluding hydrogens is 276 g/mol. The number of terminal acetylenes is 1. The van der Waals surface area contributed by atoms with Gasteiger partial charge >= 0.3 is 0 Å². The summed E-state index contributed by atoms with van der Waals surface area (Å²) in [6, 6.07) is 17.1. The van der Waals surface area contributed by atoms with Crippen molar-refractivity contribution in [2.75, 3.05) is 13.1 Å². The normalized spacial score (nSPS) is 9.59. The highest BCUT2D eigenvalue weighted by Crippen LogP contribution is 2.19. The number of rotatable bonds is 5. The number of benzene rings is 2. The van der Waals surface area contributed by atoms with E-state index in [1.165, 1.54) is 0 Å². The number of hydrogen-bond donors (Lipinski definition) is 2. The zero-order chi connectivity index (χ0) is 15.8. The third-order valence-electron chi connectivity index (χ3n) is 3.05. The quantitative estimate of drug-likeness (QED) is 0.826. The van der Waals surface area contributed by atoms with Gasteiger partial charge in [-0.2, -0.15) is 0 Å². The summed E-state index contributed by atoms with van der Waals surface area (Å²) in [6.07, 6.45) is 5.03. The maximum absolute atomic E-state index is 11.9. The summed E-state index contributed by atoms with van der Waals surface area (Å²) in [7, 11) is 0. The molecule has 22 heavy (non-hydrogen) atoms. The molecule has 0 atom stereocenters. The van der Waals surface area contributed by atoms with Gasteiger partial charge in [-0.05, 0) is 23.3 Å². The van der Waals surface area contributed by atoms with E-state index in [1.807, 2.05) is 42.5 Å². The lowest BCUT2D eigenvalue weighted by atomic mass is 10.0. The van der Waals surface area contributed by atoms with Gasteiger partial charge in [-0.25, -0.2) is 0 Å². The minimum atomic E-state index is -0.313. The third-order valence-corrected chi connectivity index (χ3v) is 3.05. The van der Waals surface area contributed by atoms with Gasteiger partial charge in [0.05, 0.1) is 13.1 Å². The fraction of sp³-hybridized carbons (Fsp3) is 0.111. The molecule has 2 amide bonds. The van der Waals surface area contributed by atoms with Crippen molar-refractivity contribution >= 4 is 11.8 Å². The number of hydrogen-bond acceptors (Lipinski definition) is 2. The zero-order valence-electron chi connectivity index (χ0n) is 12.0. The lowest BCUT2D eigenvalue weighted by Gasteiger charge is -2.06. The average molecular weight is 292 g/mol. The first kappa shape index (κ1) is 15.3. The summed E-state index contributed by atoms with van der Waals surface area (Å²) in [4.78, 5) is 23.3. The summed E-state index contributed by atoms with van der Waals surface area (Å²) in [5.41, 5.74) is 2.62. The summed E-state index contributed by atoms with van der Waals surface area (Å²) in [6.45, 7) is 0.0570. The number of amides is 2. The van der Waals surface area contributed by atoms with Gasteiger partial charge in [-0.1, -0.05) is 48.4 Å². The monoisotopic (exact) mass is 292 g/mol. The predicted molar refractivity (Wildman–Crippen MR) is 86.1 cm³/mol. The molecule has 4 nitrogen and oxygen atoms in total. The maximum Gasteiger partial charge on any atom is 0.251 e. The lowest BCUT2D eigenvalue weighted by Crippen LogP contribution is -2.37. The Morgan fingerprint density at radius 3 is 2.18 bits per heavy atom. The molecule has 0 spiro atoms. The van der Waals surface area contributed by atoms with Crippen molar-refractivity contribution in [3.8, 4) is 23.5 Å². The van der Waals surface area contributed by atoms with E-state index >= 15 is 0 Å². The highest BCUT2D eigenvalue weighted by atomic mass is 16.2. The highest BCUT2D eigenvalue weighted by molar-refractivity contribution is 5.96. The van der Waals surface area contributed by atoms with Gasteiger partial charge in [0.15, 0.2) is 0 Å². The maximum atomic E-state index is 11.9. The summed E-state index contributed by atoms with van der Waals surface area (Å²) in [5.74, 6) is 1.69. The molecule has 2 rings (SSSR count). The van der Waals surface area contributed by atoms with Crippen LogP contribution in [0.5, 0.6) is 0 Å². The Bertz CT molecular complexity index is 685. The summed E-state index contributed by atoms with van der Waals surface area (Å²) >= 11 is 0. The first-order valence-electron chi connectivity index (χ1n) is 6.84. The minimum Gasteiger partial charge on any atom is -0.344 e. The standard InChI is InChI=1S/C18H16N2O2/c1-2-12-19-17(21)13-20-18(22)16-10-8-15(9-11-16)14-6-4-3-5-7-14/h1,3-11H,12-13H2,(H,19,21)(H,20,22). The molecule has 0 aromatic heterocycles. The van der Waals surface area contributed by atoms with Crippen molar-refractivity contribution in [3.63, 3.8) is 0 Å². The van der Waals surface area contributed by atoms with Gasteiger partial charge in [0.2, 0.25) is 5.91 Å². The molecule has 0 unspecified atom stereocenters. The van der Waals surface area contributed by atoms with Crippen LogP contribution in [-0.2, 0) is 4.79 Å². The molecule has 2 aromatic rings. The van der Waals surface area contributed by atoms with Crippen molar-refractivity contribution in [2.24, 2.45) is 0 Å². The van der Waals surface area contributed by atoms with Crippen LogP contribution in [0.2, 0.25) is 0 Å². The van der Waals surface area contributed by atoms with E-state index in [0.29, 0.717) is 5.56 Å². The molecule has 0 fully saturated rings. The Kier molecular flexibility index (Phi) is 5.33. The fourth-order valence-corrected chi connectivity index (χ4v) is 1.92. The smallest absolute Gasteiger partial charge is 0.251 e. The average Bonchev–Trinajstić information content (AvgIpc) is 2.58. The van der Waals surface area contributed by atoms with Gasteiger partial charge in [0.1, 0.15) is 0 Å². The van der Waals surface area contributed by atoms with E-state index in [0.717, 1.165) is 11.1 Å². The summed E-state index contributed by atoms with van der Waals surface area (Å²) in [5, 5.41) is 5.03. The molecule has 0 bridgehead atoms. The molecule has 0 aliphatic heterocycles. The number of carbonyl (C=O) groups excluding carboxylic acids is 2. The molecule has 0 saturated carbocycles. The van der Waals surface area contributed by atoms with Gasteiger partial charge in [-0.15, -0.1) is 6.42 Å².